The molecule has 0 saturated carbocycles. The normalized spacial score (nSPS) is 15.1. The van der Waals surface area contributed by atoms with Gasteiger partial charge in [-0.3, -0.25) is 0 Å². The van der Waals surface area contributed by atoms with Crippen LogP contribution in [0.4, 0.5) is 0 Å². The Morgan fingerprint density at radius 1 is 0.580 bits per heavy atom. The zero-order valence-corrected chi connectivity index (χ0v) is 27.3. The topological polar surface area (TPSA) is 43.3 Å². The van der Waals surface area contributed by atoms with E-state index in [2.05, 4.69) is 157 Å². The Morgan fingerprint density at radius 2 is 1.30 bits per heavy atom. The van der Waals surface area contributed by atoms with Gasteiger partial charge in [-0.05, 0) is 68.8 Å². The lowest BCUT2D eigenvalue weighted by atomic mass is 9.93. The molecule has 0 amide bonds. The van der Waals surface area contributed by atoms with Gasteiger partial charge in [0.2, 0.25) is 0 Å². The lowest BCUT2D eigenvalue weighted by Crippen LogP contribution is -2.10. The van der Waals surface area contributed by atoms with Crippen molar-refractivity contribution in [2.75, 3.05) is 0 Å². The molecule has 234 valence electrons. The van der Waals surface area contributed by atoms with Crippen LogP contribution in [0.5, 0.6) is 0 Å². The van der Waals surface area contributed by atoms with Crippen LogP contribution in [0.1, 0.15) is 11.1 Å². The summed E-state index contributed by atoms with van der Waals surface area (Å²) in [5.41, 5.74) is 20.7. The van der Waals surface area contributed by atoms with Crippen molar-refractivity contribution in [3.05, 3.63) is 187 Å². The van der Waals surface area contributed by atoms with E-state index in [4.69, 9.17) is 10.7 Å². The molecule has 0 fully saturated rings. The highest BCUT2D eigenvalue weighted by Crippen LogP contribution is 2.48. The lowest BCUT2D eigenvalue weighted by Gasteiger charge is -2.15. The van der Waals surface area contributed by atoms with E-state index in [1.165, 1.54) is 49.3 Å². The Hall–Kier alpha value is -6.71. The monoisotopic (exact) mass is 637 g/mol. The van der Waals surface area contributed by atoms with E-state index in [1.54, 1.807) is 0 Å². The van der Waals surface area contributed by atoms with Crippen LogP contribution in [-0.2, 0) is 0 Å². The number of hydrogen-bond acceptors (Lipinski definition) is 2. The van der Waals surface area contributed by atoms with Gasteiger partial charge in [0.25, 0.3) is 0 Å². The van der Waals surface area contributed by atoms with Gasteiger partial charge in [0, 0.05) is 44.2 Å². The third-order valence-electron chi connectivity index (χ3n) is 10.3. The summed E-state index contributed by atoms with van der Waals surface area (Å²) in [6.07, 6.45) is 8.11. The number of allylic oxidation sites excluding steroid dienone is 5. The molecule has 2 N–H and O–H groups in total. The van der Waals surface area contributed by atoms with Crippen LogP contribution >= 0.6 is 0 Å². The predicted octanol–water partition coefficient (Wildman–Crippen LogP) is 11.6. The first-order valence-electron chi connectivity index (χ1n) is 17.0. The Balaban J connectivity index is 1.10. The van der Waals surface area contributed by atoms with Crippen LogP contribution in [-0.4, -0.2) is 10.3 Å². The van der Waals surface area contributed by atoms with Crippen LogP contribution in [0.3, 0.4) is 0 Å². The van der Waals surface area contributed by atoms with Gasteiger partial charge in [0.15, 0.2) is 0 Å². The number of rotatable bonds is 4. The molecule has 3 nitrogen and oxygen atoms in total. The molecule has 1 heterocycles. The average Bonchev–Trinajstić information content (AvgIpc) is 3.69. The van der Waals surface area contributed by atoms with Crippen LogP contribution < -0.4 is 5.73 Å². The molecule has 0 atom stereocenters. The number of aliphatic imine (C=N–C) groups is 1. The molecule has 8 aromatic rings. The minimum Gasteiger partial charge on any atom is -0.398 e. The molecule has 2 aliphatic rings. The smallest absolute Gasteiger partial charge is 0.0730 e. The highest BCUT2D eigenvalue weighted by Gasteiger charge is 2.23. The van der Waals surface area contributed by atoms with E-state index in [1.807, 2.05) is 18.2 Å². The van der Waals surface area contributed by atoms with Gasteiger partial charge in [0.1, 0.15) is 0 Å². The summed E-state index contributed by atoms with van der Waals surface area (Å²) in [5, 5.41) is 7.21. The van der Waals surface area contributed by atoms with Gasteiger partial charge in [0.05, 0.1) is 22.4 Å². The number of nitrogens with zero attached hydrogens (tertiary/aromatic N) is 2. The van der Waals surface area contributed by atoms with Gasteiger partial charge >= 0.3 is 0 Å². The molecule has 10 rings (SSSR count). The number of para-hydroxylation sites is 1. The van der Waals surface area contributed by atoms with E-state index in [0.29, 0.717) is 11.4 Å². The van der Waals surface area contributed by atoms with Gasteiger partial charge in [-0.25, -0.2) is 4.99 Å². The van der Waals surface area contributed by atoms with Crippen molar-refractivity contribution in [1.82, 2.24) is 4.57 Å². The van der Waals surface area contributed by atoms with E-state index in [0.717, 1.165) is 44.4 Å². The third-order valence-corrected chi connectivity index (χ3v) is 10.3. The van der Waals surface area contributed by atoms with Crippen molar-refractivity contribution < 1.29 is 0 Å². The fourth-order valence-electron chi connectivity index (χ4n) is 8.00. The fourth-order valence-corrected chi connectivity index (χ4v) is 8.00. The fraction of sp³-hybridized carbons (Fsp3) is 0. The van der Waals surface area contributed by atoms with Gasteiger partial charge in [-0.15, -0.1) is 0 Å². The summed E-state index contributed by atoms with van der Waals surface area (Å²) in [7, 11) is 0. The van der Waals surface area contributed by atoms with Crippen LogP contribution in [0.25, 0.3) is 82.7 Å². The van der Waals surface area contributed by atoms with E-state index in [9.17, 15) is 0 Å². The van der Waals surface area contributed by atoms with Crippen LogP contribution in [0, 0.1) is 0 Å². The molecular weight excluding hydrogens is 607 g/mol. The maximum atomic E-state index is 7.09. The first kappa shape index (κ1) is 28.3. The molecule has 0 bridgehead atoms. The highest BCUT2D eigenvalue weighted by molar-refractivity contribution is 6.22. The molecule has 1 aromatic heterocycles. The number of benzene rings is 7. The Morgan fingerprint density at radius 3 is 2.16 bits per heavy atom. The average molecular weight is 638 g/mol. The number of hydrogen-bond donors (Lipinski definition) is 1. The lowest BCUT2D eigenvalue weighted by molar-refractivity contribution is 1.19. The summed E-state index contributed by atoms with van der Waals surface area (Å²) in [6, 6.07) is 49.7. The summed E-state index contributed by atoms with van der Waals surface area (Å²) < 4.78 is 2.37. The quantitative estimate of drug-likeness (QED) is 0.205. The number of aromatic nitrogens is 1. The second kappa shape index (κ2) is 10.9. The highest BCUT2D eigenvalue weighted by atomic mass is 15.0. The maximum absolute atomic E-state index is 7.09. The van der Waals surface area contributed by atoms with Crippen molar-refractivity contribution in [1.29, 1.82) is 0 Å². The molecule has 0 spiro atoms. The second-order valence-corrected chi connectivity index (χ2v) is 13.0. The molecule has 0 radical (unpaired) electrons. The maximum Gasteiger partial charge on any atom is 0.0730 e. The van der Waals surface area contributed by atoms with Crippen LogP contribution in [0.15, 0.2) is 181 Å². The predicted molar refractivity (Wildman–Crippen MR) is 213 cm³/mol. The van der Waals surface area contributed by atoms with Crippen molar-refractivity contribution in [2.45, 2.75) is 0 Å². The molecule has 3 heteroatoms. The second-order valence-electron chi connectivity index (χ2n) is 13.0. The zero-order chi connectivity index (χ0) is 33.3. The largest absolute Gasteiger partial charge is 0.398 e. The van der Waals surface area contributed by atoms with Crippen molar-refractivity contribution in [2.24, 2.45) is 10.7 Å². The number of nitrogens with two attached hydrogens (primary N) is 1. The molecule has 50 heavy (non-hydrogen) atoms. The van der Waals surface area contributed by atoms with E-state index in [-0.39, 0.29) is 0 Å². The molecule has 2 aliphatic carbocycles. The Bertz CT molecular complexity index is 2850. The Labute approximate surface area is 289 Å². The number of fused-ring (bicyclic) bond motifs is 8. The van der Waals surface area contributed by atoms with E-state index < -0.39 is 0 Å². The Kier molecular flexibility index (Phi) is 6.18. The summed E-state index contributed by atoms with van der Waals surface area (Å²) >= 11 is 0. The first-order valence-corrected chi connectivity index (χ1v) is 17.0. The van der Waals surface area contributed by atoms with E-state index >= 15 is 0 Å². The van der Waals surface area contributed by atoms with Gasteiger partial charge < -0.3 is 10.3 Å². The van der Waals surface area contributed by atoms with Crippen molar-refractivity contribution >= 4 is 60.5 Å². The van der Waals surface area contributed by atoms with Gasteiger partial charge in [-0.2, -0.15) is 0 Å². The molecular formula is C47H31N3. The van der Waals surface area contributed by atoms with Crippen molar-refractivity contribution in [3.8, 4) is 27.9 Å². The summed E-state index contributed by atoms with van der Waals surface area (Å²) in [5.74, 6) is 0. The van der Waals surface area contributed by atoms with Gasteiger partial charge in [-0.1, -0.05) is 140 Å². The first-order chi connectivity index (χ1) is 24.7. The SMILES string of the molecule is C=C(/N=C1/C=CC=C/C1=C(/N)c1ccc2c3c(cccc13)-c1ccccc1-2)c1ccc2c(c1)c1ccc3ccccc3c1n2-c1ccccc1. The summed E-state index contributed by atoms with van der Waals surface area (Å²) in [6.45, 7) is 4.48. The third kappa shape index (κ3) is 4.14. The molecule has 0 saturated heterocycles. The standard InChI is InChI=1S/C47H31N3/c1-29(31-23-27-44-42(28-31)40-24-22-30-12-5-6-15-33(30)47(40)50(44)32-13-3-2-4-14-32)49-43-21-10-9-18-41(43)46(48)39-26-25-38-35-17-8-7-16-34(35)36-19-11-20-37(39)45(36)38/h2-28H,1,48H2/b46-41-,49-43-. The molecule has 7 aromatic carbocycles. The zero-order valence-electron chi connectivity index (χ0n) is 27.3. The minimum absolute atomic E-state index is 0.685. The van der Waals surface area contributed by atoms with Crippen molar-refractivity contribution in [3.63, 3.8) is 0 Å². The molecule has 0 unspecified atom stereocenters. The van der Waals surface area contributed by atoms with Crippen LogP contribution in [0.2, 0.25) is 0 Å². The summed E-state index contributed by atoms with van der Waals surface area (Å²) in [4.78, 5) is 5.14. The minimum atomic E-state index is 0.685. The molecule has 0 aliphatic heterocycles.